The highest BCUT2D eigenvalue weighted by atomic mass is 16.5. The Balaban J connectivity index is 2.28. The Morgan fingerprint density at radius 1 is 1.00 bits per heavy atom. The first-order valence-corrected chi connectivity index (χ1v) is 6.91. The average Bonchev–Trinajstić information content (AvgIpc) is 2.40. The zero-order valence-corrected chi connectivity index (χ0v) is 12.6. The zero-order chi connectivity index (χ0) is 14.7. The van der Waals surface area contributed by atoms with Gasteiger partial charge < -0.3 is 10.5 Å². The smallest absolute Gasteiger partial charge is 0.138 e. The number of pyridine rings is 1. The van der Waals surface area contributed by atoms with Crippen LogP contribution < -0.4 is 10.5 Å². The molecule has 20 heavy (non-hydrogen) atoms. The van der Waals surface area contributed by atoms with Gasteiger partial charge in [-0.2, -0.15) is 0 Å². The molecule has 0 radical (unpaired) electrons. The van der Waals surface area contributed by atoms with Gasteiger partial charge in [-0.05, 0) is 56.0 Å². The van der Waals surface area contributed by atoms with Crippen molar-refractivity contribution in [1.29, 1.82) is 0 Å². The minimum absolute atomic E-state index is 0.130. The Labute approximate surface area is 120 Å². The number of ether oxygens (including phenoxy) is 1. The fourth-order valence-electron chi connectivity index (χ4n) is 2.09. The molecule has 1 heterocycles. The molecule has 1 atom stereocenters. The average molecular weight is 270 g/mol. The molecule has 0 fully saturated rings. The van der Waals surface area contributed by atoms with E-state index in [0.29, 0.717) is 0 Å². The van der Waals surface area contributed by atoms with Crippen LogP contribution in [0.4, 0.5) is 0 Å². The van der Waals surface area contributed by atoms with Crippen LogP contribution in [0.15, 0.2) is 36.7 Å². The summed E-state index contributed by atoms with van der Waals surface area (Å²) in [7, 11) is 0. The predicted molar refractivity (Wildman–Crippen MR) is 81.9 cm³/mol. The number of nitrogens with two attached hydrogens (primary N) is 1. The maximum absolute atomic E-state index is 6.34. The van der Waals surface area contributed by atoms with Crippen molar-refractivity contribution in [3.05, 3.63) is 58.9 Å². The van der Waals surface area contributed by atoms with Crippen LogP contribution in [-0.4, -0.2) is 11.1 Å². The van der Waals surface area contributed by atoms with Crippen LogP contribution in [0.2, 0.25) is 0 Å². The van der Waals surface area contributed by atoms with E-state index in [2.05, 4.69) is 37.0 Å². The highest BCUT2D eigenvalue weighted by Crippen LogP contribution is 2.24. The second-order valence-corrected chi connectivity index (χ2v) is 5.44. The molecule has 0 amide bonds. The molecule has 0 aliphatic rings. The Hall–Kier alpha value is -1.87. The molecular formula is C17H22N2O. The molecule has 3 heteroatoms. The van der Waals surface area contributed by atoms with E-state index >= 15 is 0 Å². The van der Waals surface area contributed by atoms with Gasteiger partial charge in [0, 0.05) is 6.20 Å². The van der Waals surface area contributed by atoms with Crippen LogP contribution in [0.25, 0.3) is 0 Å². The van der Waals surface area contributed by atoms with Gasteiger partial charge in [0.1, 0.15) is 5.75 Å². The summed E-state index contributed by atoms with van der Waals surface area (Å²) in [5.74, 6) is 0.761. The van der Waals surface area contributed by atoms with Crippen LogP contribution in [0.5, 0.6) is 5.75 Å². The van der Waals surface area contributed by atoms with Crippen molar-refractivity contribution in [3.63, 3.8) is 0 Å². The SMILES string of the molecule is Cc1ccc(C(N)c2cncc(OC(C)C)c2)cc1C. The molecule has 1 aromatic heterocycles. The third-order valence-electron chi connectivity index (χ3n) is 3.36. The third kappa shape index (κ3) is 3.36. The van der Waals surface area contributed by atoms with Gasteiger partial charge in [0.2, 0.25) is 0 Å². The predicted octanol–water partition coefficient (Wildman–Crippen LogP) is 3.53. The normalized spacial score (nSPS) is 12.5. The van der Waals surface area contributed by atoms with Crippen LogP contribution in [-0.2, 0) is 0 Å². The van der Waals surface area contributed by atoms with Crippen molar-refractivity contribution in [1.82, 2.24) is 4.98 Å². The molecule has 2 aromatic rings. The molecule has 0 saturated carbocycles. The van der Waals surface area contributed by atoms with Crippen LogP contribution in [0.3, 0.4) is 0 Å². The van der Waals surface area contributed by atoms with Crippen LogP contribution >= 0.6 is 0 Å². The highest BCUT2D eigenvalue weighted by molar-refractivity contribution is 5.37. The topological polar surface area (TPSA) is 48.1 Å². The Bertz CT molecular complexity index is 593. The number of aryl methyl sites for hydroxylation is 2. The quantitative estimate of drug-likeness (QED) is 0.924. The summed E-state index contributed by atoms with van der Waals surface area (Å²) < 4.78 is 5.67. The number of aromatic nitrogens is 1. The number of hydrogen-bond acceptors (Lipinski definition) is 3. The molecule has 2 rings (SSSR count). The van der Waals surface area contributed by atoms with Crippen LogP contribution in [0.1, 0.15) is 42.1 Å². The maximum atomic E-state index is 6.34. The van der Waals surface area contributed by atoms with Crippen molar-refractivity contribution in [2.75, 3.05) is 0 Å². The van der Waals surface area contributed by atoms with Gasteiger partial charge in [0.05, 0.1) is 18.3 Å². The lowest BCUT2D eigenvalue weighted by Gasteiger charge is -2.16. The number of nitrogens with zero attached hydrogens (tertiary/aromatic N) is 1. The maximum Gasteiger partial charge on any atom is 0.138 e. The van der Waals surface area contributed by atoms with Gasteiger partial charge in [-0.15, -0.1) is 0 Å². The van der Waals surface area contributed by atoms with E-state index in [1.165, 1.54) is 11.1 Å². The lowest BCUT2D eigenvalue weighted by Crippen LogP contribution is -2.13. The largest absolute Gasteiger partial charge is 0.489 e. The molecule has 0 aliphatic heterocycles. The van der Waals surface area contributed by atoms with Gasteiger partial charge in [0.25, 0.3) is 0 Å². The Morgan fingerprint density at radius 2 is 1.75 bits per heavy atom. The number of benzene rings is 1. The van der Waals surface area contributed by atoms with Crippen molar-refractivity contribution in [3.8, 4) is 5.75 Å². The second-order valence-electron chi connectivity index (χ2n) is 5.44. The summed E-state index contributed by atoms with van der Waals surface area (Å²) >= 11 is 0. The molecule has 1 aromatic carbocycles. The van der Waals surface area contributed by atoms with E-state index in [0.717, 1.165) is 16.9 Å². The first-order chi connectivity index (χ1) is 9.47. The van der Waals surface area contributed by atoms with Crippen LogP contribution in [0, 0.1) is 13.8 Å². The first kappa shape index (κ1) is 14.5. The molecule has 0 spiro atoms. The molecule has 0 saturated heterocycles. The molecule has 3 nitrogen and oxygen atoms in total. The number of rotatable bonds is 4. The molecule has 2 N–H and O–H groups in total. The van der Waals surface area contributed by atoms with E-state index in [1.807, 2.05) is 19.9 Å². The van der Waals surface area contributed by atoms with Crippen molar-refractivity contribution < 1.29 is 4.74 Å². The molecule has 106 valence electrons. The summed E-state index contributed by atoms with van der Waals surface area (Å²) in [6.07, 6.45) is 3.65. The highest BCUT2D eigenvalue weighted by Gasteiger charge is 2.11. The summed E-state index contributed by atoms with van der Waals surface area (Å²) in [5, 5.41) is 0. The van der Waals surface area contributed by atoms with Gasteiger partial charge in [-0.3, -0.25) is 4.98 Å². The van der Waals surface area contributed by atoms with E-state index in [9.17, 15) is 0 Å². The van der Waals surface area contributed by atoms with E-state index in [1.54, 1.807) is 12.4 Å². The zero-order valence-electron chi connectivity index (χ0n) is 12.6. The lowest BCUT2D eigenvalue weighted by molar-refractivity contribution is 0.241. The fraction of sp³-hybridized carbons (Fsp3) is 0.353. The van der Waals surface area contributed by atoms with E-state index < -0.39 is 0 Å². The lowest BCUT2D eigenvalue weighted by atomic mass is 9.97. The minimum atomic E-state index is -0.183. The van der Waals surface area contributed by atoms with Gasteiger partial charge >= 0.3 is 0 Å². The van der Waals surface area contributed by atoms with E-state index in [-0.39, 0.29) is 12.1 Å². The molecule has 0 bridgehead atoms. The molecule has 1 unspecified atom stereocenters. The van der Waals surface area contributed by atoms with Gasteiger partial charge in [-0.25, -0.2) is 0 Å². The summed E-state index contributed by atoms with van der Waals surface area (Å²) in [5.41, 5.74) is 10.9. The molecular weight excluding hydrogens is 248 g/mol. The van der Waals surface area contributed by atoms with E-state index in [4.69, 9.17) is 10.5 Å². The van der Waals surface area contributed by atoms with Crippen molar-refractivity contribution in [2.45, 2.75) is 39.8 Å². The number of hydrogen-bond donors (Lipinski definition) is 1. The monoisotopic (exact) mass is 270 g/mol. The summed E-state index contributed by atoms with van der Waals surface area (Å²) in [4.78, 5) is 4.22. The summed E-state index contributed by atoms with van der Waals surface area (Å²) in [6, 6.07) is 8.09. The van der Waals surface area contributed by atoms with Gasteiger partial charge in [0.15, 0.2) is 0 Å². The minimum Gasteiger partial charge on any atom is -0.489 e. The van der Waals surface area contributed by atoms with Crippen molar-refractivity contribution in [2.24, 2.45) is 5.73 Å². The fourth-order valence-corrected chi connectivity index (χ4v) is 2.09. The molecule has 0 aliphatic carbocycles. The first-order valence-electron chi connectivity index (χ1n) is 6.91. The van der Waals surface area contributed by atoms with Crippen molar-refractivity contribution >= 4 is 0 Å². The van der Waals surface area contributed by atoms with Gasteiger partial charge in [-0.1, -0.05) is 18.2 Å². The third-order valence-corrected chi connectivity index (χ3v) is 3.36. The Kier molecular flexibility index (Phi) is 4.40. The summed E-state index contributed by atoms with van der Waals surface area (Å²) in [6.45, 7) is 8.19. The Morgan fingerprint density at radius 3 is 2.40 bits per heavy atom. The second kappa shape index (κ2) is 6.06. The standard InChI is InChI=1S/C17H22N2O/c1-11(2)20-16-8-15(9-19-10-16)17(18)14-6-5-12(3)13(4)7-14/h5-11,17H,18H2,1-4H3.